The number of ketones is 1. The summed E-state index contributed by atoms with van der Waals surface area (Å²) in [5, 5.41) is 0. The first-order chi connectivity index (χ1) is 15.1. The molecule has 0 heterocycles. The molecule has 0 unspecified atom stereocenters. The minimum absolute atomic E-state index is 0.0267. The molecule has 4 aliphatic rings. The number of esters is 2. The van der Waals surface area contributed by atoms with Gasteiger partial charge >= 0.3 is 11.9 Å². The highest BCUT2D eigenvalue weighted by atomic mass is 16.5. The molecule has 4 rings (SSSR count). The van der Waals surface area contributed by atoms with Crippen LogP contribution in [-0.2, 0) is 23.9 Å². The molecule has 32 heavy (non-hydrogen) atoms. The topological polar surface area (TPSA) is 69.7 Å². The maximum absolute atomic E-state index is 13.8. The zero-order chi connectivity index (χ0) is 23.3. The normalized spacial score (nSPS) is 41.6. The molecule has 0 aromatic carbocycles. The number of fused-ring (bicyclic) bond motifs is 5. The van der Waals surface area contributed by atoms with E-state index in [1.807, 2.05) is 6.08 Å². The van der Waals surface area contributed by atoms with Crippen LogP contribution in [0.1, 0.15) is 85.5 Å². The average Bonchev–Trinajstić information content (AvgIpc) is 3.11. The number of methoxy groups -OCH3 is 1. The lowest BCUT2D eigenvalue weighted by atomic mass is 9.48. The lowest BCUT2D eigenvalue weighted by Gasteiger charge is -2.56. The Kier molecular flexibility index (Phi) is 6.32. The summed E-state index contributed by atoms with van der Waals surface area (Å²) < 4.78 is 10.4. The van der Waals surface area contributed by atoms with Crippen LogP contribution in [0.2, 0.25) is 0 Å². The van der Waals surface area contributed by atoms with E-state index in [2.05, 4.69) is 20.8 Å². The van der Waals surface area contributed by atoms with E-state index < -0.39 is 0 Å². The average molecular weight is 445 g/mol. The molecule has 0 radical (unpaired) electrons. The molecule has 0 spiro atoms. The van der Waals surface area contributed by atoms with E-state index in [1.54, 1.807) is 0 Å². The summed E-state index contributed by atoms with van der Waals surface area (Å²) in [5.41, 5.74) is 1.12. The van der Waals surface area contributed by atoms with E-state index in [9.17, 15) is 14.4 Å². The number of rotatable bonds is 5. The van der Waals surface area contributed by atoms with E-state index >= 15 is 0 Å². The van der Waals surface area contributed by atoms with Crippen LogP contribution in [0.5, 0.6) is 0 Å². The second kappa shape index (κ2) is 8.61. The molecule has 8 atom stereocenters. The van der Waals surface area contributed by atoms with Crippen molar-refractivity contribution >= 4 is 17.7 Å². The van der Waals surface area contributed by atoms with Crippen LogP contribution in [0.3, 0.4) is 0 Å². The van der Waals surface area contributed by atoms with Crippen LogP contribution in [0.4, 0.5) is 0 Å². The summed E-state index contributed by atoms with van der Waals surface area (Å²) in [4.78, 5) is 36.9. The fraction of sp³-hybridized carbons (Fsp3) is 0.815. The van der Waals surface area contributed by atoms with E-state index in [4.69, 9.17) is 9.47 Å². The van der Waals surface area contributed by atoms with Crippen molar-refractivity contribution in [1.29, 1.82) is 0 Å². The molecule has 0 bridgehead atoms. The monoisotopic (exact) mass is 444 g/mol. The minimum Gasteiger partial charge on any atom is -0.469 e. The Morgan fingerprint density at radius 3 is 2.59 bits per heavy atom. The number of carbonyl (C=O) groups excluding carboxylic acids is 3. The SMILES string of the molecule is COC(=O)CC[C@H](C)[C@@H]1CC[C@@H]2[C@@H]3CC[C@@H]4C[C@H](OC(C)=O)CC[C@@]4(C)C3=CC(=O)[C@@]21C. The minimum atomic E-state index is -0.318. The van der Waals surface area contributed by atoms with Crippen LogP contribution in [0.25, 0.3) is 0 Å². The van der Waals surface area contributed by atoms with Crippen LogP contribution in [-0.4, -0.2) is 30.9 Å². The molecule has 0 aliphatic heterocycles. The van der Waals surface area contributed by atoms with Gasteiger partial charge in [-0.05, 0) is 92.4 Å². The fourth-order valence-electron chi connectivity index (χ4n) is 8.21. The summed E-state index contributed by atoms with van der Waals surface area (Å²) in [7, 11) is 1.44. The summed E-state index contributed by atoms with van der Waals surface area (Å²) in [6.45, 7) is 8.28. The quantitative estimate of drug-likeness (QED) is 0.541. The van der Waals surface area contributed by atoms with Crippen molar-refractivity contribution in [2.24, 2.45) is 40.4 Å². The van der Waals surface area contributed by atoms with Gasteiger partial charge in [-0.3, -0.25) is 14.4 Å². The molecule has 5 nitrogen and oxygen atoms in total. The largest absolute Gasteiger partial charge is 0.469 e. The van der Waals surface area contributed by atoms with Gasteiger partial charge in [0.1, 0.15) is 6.10 Å². The van der Waals surface area contributed by atoms with Gasteiger partial charge in [0.05, 0.1) is 7.11 Å². The van der Waals surface area contributed by atoms with Gasteiger partial charge in [-0.15, -0.1) is 0 Å². The second-order valence-corrected chi connectivity index (χ2v) is 11.4. The van der Waals surface area contributed by atoms with Crippen molar-refractivity contribution in [2.75, 3.05) is 7.11 Å². The predicted octanol–water partition coefficient (Wildman–Crippen LogP) is 5.27. The molecule has 3 saturated carbocycles. The van der Waals surface area contributed by atoms with Gasteiger partial charge in [0.2, 0.25) is 0 Å². The van der Waals surface area contributed by atoms with Crippen LogP contribution in [0.15, 0.2) is 11.6 Å². The van der Waals surface area contributed by atoms with E-state index in [1.165, 1.54) is 19.6 Å². The lowest BCUT2D eigenvalue weighted by molar-refractivity contribution is -0.151. The van der Waals surface area contributed by atoms with Gasteiger partial charge in [0.15, 0.2) is 5.78 Å². The Hall–Kier alpha value is -1.65. The third kappa shape index (κ3) is 3.74. The van der Waals surface area contributed by atoms with Crippen molar-refractivity contribution < 1.29 is 23.9 Å². The molecule has 0 N–H and O–H groups in total. The van der Waals surface area contributed by atoms with Gasteiger partial charge in [-0.25, -0.2) is 0 Å². The number of allylic oxidation sites excluding steroid dienone is 2. The summed E-state index contributed by atoms with van der Waals surface area (Å²) in [6, 6.07) is 0. The Morgan fingerprint density at radius 2 is 1.91 bits per heavy atom. The Balaban J connectivity index is 1.56. The van der Waals surface area contributed by atoms with E-state index in [0.717, 1.165) is 51.4 Å². The molecule has 0 aromatic heterocycles. The van der Waals surface area contributed by atoms with E-state index in [-0.39, 0.29) is 28.9 Å². The third-order valence-corrected chi connectivity index (χ3v) is 10.0. The standard InChI is InChI=1S/C27H40O5/c1-16(6-11-25(30)31-5)21-9-10-22-20-8-7-18-14-19(32-17(2)28)12-13-26(18,3)23(20)15-24(29)27(21,22)4/h15-16,18-22H,6-14H2,1-5H3/t16-,18+,19+,20-,21-,22+,26+,27+/m0/s1. The van der Waals surface area contributed by atoms with Crippen LogP contribution >= 0.6 is 0 Å². The molecule has 178 valence electrons. The Bertz CT molecular complexity index is 815. The molecule has 0 saturated heterocycles. The molecule has 4 aliphatic carbocycles. The maximum Gasteiger partial charge on any atom is 0.305 e. The maximum atomic E-state index is 13.8. The first-order valence-electron chi connectivity index (χ1n) is 12.6. The molecule has 5 heteroatoms. The van der Waals surface area contributed by atoms with Gasteiger partial charge in [0, 0.05) is 18.8 Å². The molecular weight excluding hydrogens is 404 g/mol. The third-order valence-electron chi connectivity index (χ3n) is 10.0. The molecule has 3 fully saturated rings. The zero-order valence-corrected chi connectivity index (χ0v) is 20.4. The Morgan fingerprint density at radius 1 is 1.16 bits per heavy atom. The van der Waals surface area contributed by atoms with Gasteiger partial charge in [-0.1, -0.05) is 26.3 Å². The van der Waals surface area contributed by atoms with Crippen molar-refractivity contribution in [3.8, 4) is 0 Å². The second-order valence-electron chi connectivity index (χ2n) is 11.4. The number of ether oxygens (including phenoxy) is 2. The number of carbonyl (C=O) groups is 3. The smallest absolute Gasteiger partial charge is 0.305 e. The summed E-state index contributed by atoms with van der Waals surface area (Å²) >= 11 is 0. The van der Waals surface area contributed by atoms with Crippen molar-refractivity contribution in [3.05, 3.63) is 11.6 Å². The lowest BCUT2D eigenvalue weighted by Crippen LogP contribution is -2.52. The Labute approximate surface area is 192 Å². The van der Waals surface area contributed by atoms with Crippen LogP contribution < -0.4 is 0 Å². The number of hydrogen-bond donors (Lipinski definition) is 0. The van der Waals surface area contributed by atoms with Gasteiger partial charge in [0.25, 0.3) is 0 Å². The summed E-state index contributed by atoms with van der Waals surface area (Å²) in [5.74, 6) is 1.99. The van der Waals surface area contributed by atoms with Crippen molar-refractivity contribution in [3.63, 3.8) is 0 Å². The highest BCUT2D eigenvalue weighted by molar-refractivity contribution is 5.97. The first-order valence-corrected chi connectivity index (χ1v) is 12.6. The zero-order valence-electron chi connectivity index (χ0n) is 20.4. The number of hydrogen-bond acceptors (Lipinski definition) is 5. The molecule has 0 aromatic rings. The first kappa shape index (κ1) is 23.5. The molecular formula is C27H40O5. The molecule has 0 amide bonds. The predicted molar refractivity (Wildman–Crippen MR) is 122 cm³/mol. The van der Waals surface area contributed by atoms with Gasteiger partial charge < -0.3 is 9.47 Å². The van der Waals surface area contributed by atoms with Crippen LogP contribution in [0, 0.1) is 40.4 Å². The fourth-order valence-corrected chi connectivity index (χ4v) is 8.21. The van der Waals surface area contributed by atoms with E-state index in [0.29, 0.717) is 41.8 Å². The highest BCUT2D eigenvalue weighted by Crippen LogP contribution is 2.65. The van der Waals surface area contributed by atoms with Gasteiger partial charge in [-0.2, -0.15) is 0 Å². The highest BCUT2D eigenvalue weighted by Gasteiger charge is 2.61. The summed E-state index contributed by atoms with van der Waals surface area (Å²) in [6.07, 6.45) is 10.5. The van der Waals surface area contributed by atoms with Crippen molar-refractivity contribution in [1.82, 2.24) is 0 Å². The van der Waals surface area contributed by atoms with Crippen molar-refractivity contribution in [2.45, 2.75) is 91.6 Å².